The zero-order valence-electron chi connectivity index (χ0n) is 8.13. The zero-order chi connectivity index (χ0) is 11.4. The monoisotopic (exact) mass is 247 g/mol. The Labute approximate surface area is 98.0 Å². The molecule has 2 N–H and O–H groups in total. The minimum Gasteiger partial charge on any atom is -0.480 e. The predicted molar refractivity (Wildman–Crippen MR) is 60.6 cm³/mol. The van der Waals surface area contributed by atoms with Gasteiger partial charge in [-0.2, -0.15) is 0 Å². The molecule has 0 fully saturated rings. The van der Waals surface area contributed by atoms with Crippen molar-refractivity contribution in [1.82, 2.24) is 5.32 Å². The molecule has 3 nitrogen and oxygen atoms in total. The number of carboxylic acids is 1. The highest BCUT2D eigenvalue weighted by Gasteiger charge is 2.15. The second kappa shape index (κ2) is 5.35. The fourth-order valence-electron chi connectivity index (χ4n) is 1.22. The molecule has 0 aliphatic rings. The fraction of sp³-hybridized carbons (Fsp3) is 0.300. The number of hydrogen-bond donors (Lipinski definition) is 2. The van der Waals surface area contributed by atoms with E-state index < -0.39 is 12.0 Å². The SMILES string of the molecule is CNC(Cc1ccc(Cl)c(Cl)c1)C(=O)O. The van der Waals surface area contributed by atoms with Gasteiger partial charge in [-0.1, -0.05) is 29.3 Å². The van der Waals surface area contributed by atoms with Gasteiger partial charge in [0.1, 0.15) is 6.04 Å². The minimum atomic E-state index is -0.886. The minimum absolute atomic E-state index is 0.378. The molecule has 1 aromatic rings. The summed E-state index contributed by atoms with van der Waals surface area (Å²) in [6.07, 6.45) is 0.378. The summed E-state index contributed by atoms with van der Waals surface area (Å²) >= 11 is 11.6. The molecule has 0 aliphatic heterocycles. The lowest BCUT2D eigenvalue weighted by molar-refractivity contribution is -0.139. The lowest BCUT2D eigenvalue weighted by Gasteiger charge is -2.11. The van der Waals surface area contributed by atoms with Gasteiger partial charge < -0.3 is 10.4 Å². The molecule has 1 atom stereocenters. The van der Waals surface area contributed by atoms with Gasteiger partial charge >= 0.3 is 5.97 Å². The van der Waals surface area contributed by atoms with Crippen molar-refractivity contribution in [2.24, 2.45) is 0 Å². The van der Waals surface area contributed by atoms with E-state index in [2.05, 4.69) is 5.32 Å². The normalized spacial score (nSPS) is 12.5. The Balaban J connectivity index is 2.80. The molecule has 0 radical (unpaired) electrons. The van der Waals surface area contributed by atoms with E-state index in [0.717, 1.165) is 5.56 Å². The number of likely N-dealkylation sites (N-methyl/N-ethyl adjacent to an activating group) is 1. The van der Waals surface area contributed by atoms with Crippen LogP contribution in [0.25, 0.3) is 0 Å². The molecule has 0 bridgehead atoms. The number of carboxylic acid groups (broad SMARTS) is 1. The summed E-state index contributed by atoms with van der Waals surface area (Å²) in [6.45, 7) is 0. The topological polar surface area (TPSA) is 49.3 Å². The third-order valence-corrected chi connectivity index (χ3v) is 2.81. The summed E-state index contributed by atoms with van der Waals surface area (Å²) in [5, 5.41) is 12.5. The third kappa shape index (κ3) is 3.38. The third-order valence-electron chi connectivity index (χ3n) is 2.07. The fourth-order valence-corrected chi connectivity index (χ4v) is 1.54. The highest BCUT2D eigenvalue weighted by Crippen LogP contribution is 2.23. The molecular weight excluding hydrogens is 237 g/mol. The van der Waals surface area contributed by atoms with E-state index in [1.165, 1.54) is 0 Å². The number of halogens is 2. The van der Waals surface area contributed by atoms with Crippen molar-refractivity contribution < 1.29 is 9.90 Å². The van der Waals surface area contributed by atoms with Crippen LogP contribution >= 0.6 is 23.2 Å². The molecule has 0 heterocycles. The Morgan fingerprint density at radius 2 is 2.13 bits per heavy atom. The van der Waals surface area contributed by atoms with Gasteiger partial charge in [0.05, 0.1) is 10.0 Å². The molecule has 1 rings (SSSR count). The van der Waals surface area contributed by atoms with Crippen LogP contribution in [-0.4, -0.2) is 24.2 Å². The van der Waals surface area contributed by atoms with Gasteiger partial charge in [0.15, 0.2) is 0 Å². The Kier molecular flexibility index (Phi) is 4.39. The summed E-state index contributed by atoms with van der Waals surface area (Å²) < 4.78 is 0. The van der Waals surface area contributed by atoms with Crippen LogP contribution in [0.2, 0.25) is 10.0 Å². The number of nitrogens with one attached hydrogen (secondary N) is 1. The van der Waals surface area contributed by atoms with Crippen molar-refractivity contribution in [2.45, 2.75) is 12.5 Å². The van der Waals surface area contributed by atoms with Crippen molar-refractivity contribution in [2.75, 3.05) is 7.05 Å². The number of hydrogen-bond acceptors (Lipinski definition) is 2. The Morgan fingerprint density at radius 3 is 2.60 bits per heavy atom. The maximum atomic E-state index is 10.8. The first-order chi connectivity index (χ1) is 7.04. The summed E-state index contributed by atoms with van der Waals surface area (Å²) in [4.78, 5) is 10.8. The molecule has 1 unspecified atom stereocenters. The van der Waals surface area contributed by atoms with Crippen LogP contribution in [0.3, 0.4) is 0 Å². The molecule has 15 heavy (non-hydrogen) atoms. The van der Waals surface area contributed by atoms with Gasteiger partial charge in [0.25, 0.3) is 0 Å². The van der Waals surface area contributed by atoms with Crippen LogP contribution in [0.1, 0.15) is 5.56 Å². The van der Waals surface area contributed by atoms with E-state index in [0.29, 0.717) is 16.5 Å². The van der Waals surface area contributed by atoms with Crippen molar-refractivity contribution >= 4 is 29.2 Å². The summed E-state index contributed by atoms with van der Waals surface area (Å²) in [5.74, 6) is -0.886. The van der Waals surface area contributed by atoms with Crippen molar-refractivity contribution in [3.63, 3.8) is 0 Å². The lowest BCUT2D eigenvalue weighted by Crippen LogP contribution is -2.35. The second-order valence-electron chi connectivity index (χ2n) is 3.13. The van der Waals surface area contributed by atoms with Gasteiger partial charge in [0.2, 0.25) is 0 Å². The second-order valence-corrected chi connectivity index (χ2v) is 3.95. The van der Waals surface area contributed by atoms with Gasteiger partial charge in [-0.25, -0.2) is 0 Å². The highest BCUT2D eigenvalue weighted by atomic mass is 35.5. The molecule has 1 aromatic carbocycles. The summed E-state index contributed by atoms with van der Waals surface area (Å²) in [7, 11) is 1.61. The van der Waals surface area contributed by atoms with E-state index in [9.17, 15) is 4.79 Å². The number of rotatable bonds is 4. The van der Waals surface area contributed by atoms with Crippen LogP contribution in [-0.2, 0) is 11.2 Å². The standard InChI is InChI=1S/C10H11Cl2NO2/c1-13-9(10(14)15)5-6-2-3-7(11)8(12)4-6/h2-4,9,13H,5H2,1H3,(H,14,15). The molecule has 0 spiro atoms. The van der Waals surface area contributed by atoms with E-state index in [1.807, 2.05) is 0 Å². The maximum absolute atomic E-state index is 10.8. The van der Waals surface area contributed by atoms with Gasteiger partial charge in [0, 0.05) is 0 Å². The average molecular weight is 248 g/mol. The lowest BCUT2D eigenvalue weighted by atomic mass is 10.1. The molecule has 82 valence electrons. The highest BCUT2D eigenvalue weighted by molar-refractivity contribution is 6.42. The van der Waals surface area contributed by atoms with E-state index in [1.54, 1.807) is 25.2 Å². The first kappa shape index (κ1) is 12.3. The number of benzene rings is 1. The Morgan fingerprint density at radius 1 is 1.47 bits per heavy atom. The molecule has 0 amide bonds. The first-order valence-electron chi connectivity index (χ1n) is 4.38. The van der Waals surface area contributed by atoms with Crippen LogP contribution < -0.4 is 5.32 Å². The number of carbonyl (C=O) groups is 1. The quantitative estimate of drug-likeness (QED) is 0.858. The van der Waals surface area contributed by atoms with Crippen LogP contribution in [0.4, 0.5) is 0 Å². The molecule has 0 saturated carbocycles. The average Bonchev–Trinajstić information content (AvgIpc) is 2.19. The van der Waals surface area contributed by atoms with Crippen molar-refractivity contribution in [1.29, 1.82) is 0 Å². The van der Waals surface area contributed by atoms with Crippen molar-refractivity contribution in [3.05, 3.63) is 33.8 Å². The van der Waals surface area contributed by atoms with Crippen molar-refractivity contribution in [3.8, 4) is 0 Å². The van der Waals surface area contributed by atoms with Crippen LogP contribution in [0.5, 0.6) is 0 Å². The van der Waals surface area contributed by atoms with Crippen LogP contribution in [0, 0.1) is 0 Å². The van der Waals surface area contributed by atoms with E-state index >= 15 is 0 Å². The zero-order valence-corrected chi connectivity index (χ0v) is 9.64. The molecule has 0 aliphatic carbocycles. The smallest absolute Gasteiger partial charge is 0.321 e. The van der Waals surface area contributed by atoms with E-state index in [-0.39, 0.29) is 0 Å². The summed E-state index contributed by atoms with van der Waals surface area (Å²) in [6, 6.07) is 4.49. The molecular formula is C10H11Cl2NO2. The largest absolute Gasteiger partial charge is 0.480 e. The predicted octanol–water partition coefficient (Wildman–Crippen LogP) is 2.21. The summed E-state index contributed by atoms with van der Waals surface area (Å²) in [5.41, 5.74) is 0.839. The van der Waals surface area contributed by atoms with Gasteiger partial charge in [-0.15, -0.1) is 0 Å². The number of aliphatic carboxylic acids is 1. The van der Waals surface area contributed by atoms with E-state index in [4.69, 9.17) is 28.3 Å². The van der Waals surface area contributed by atoms with Gasteiger partial charge in [-0.3, -0.25) is 4.79 Å². The molecule has 0 saturated heterocycles. The Bertz CT molecular complexity index is 368. The molecule has 0 aromatic heterocycles. The maximum Gasteiger partial charge on any atom is 0.321 e. The van der Waals surface area contributed by atoms with Gasteiger partial charge in [-0.05, 0) is 31.2 Å². The molecule has 5 heteroatoms. The van der Waals surface area contributed by atoms with Crippen LogP contribution in [0.15, 0.2) is 18.2 Å². The Hall–Kier alpha value is -0.770. The first-order valence-corrected chi connectivity index (χ1v) is 5.14.